The van der Waals surface area contributed by atoms with Gasteiger partial charge in [0.25, 0.3) is 5.91 Å². The highest BCUT2D eigenvalue weighted by Crippen LogP contribution is 2.42. The SMILES string of the molecule is CCCN(C(=O)CC1(NC(=O)c2ccccc2)CCOCC1)C1CC(c2ccccc2)Nc2ccccc21. The van der Waals surface area contributed by atoms with Crippen LogP contribution in [0, 0.1) is 0 Å². The fourth-order valence-electron chi connectivity index (χ4n) is 5.81. The molecule has 2 atom stereocenters. The van der Waals surface area contributed by atoms with E-state index in [1.54, 1.807) is 0 Å². The van der Waals surface area contributed by atoms with Gasteiger partial charge in [0.1, 0.15) is 0 Å². The molecule has 3 aromatic rings. The zero-order valence-corrected chi connectivity index (χ0v) is 22.1. The van der Waals surface area contributed by atoms with Gasteiger partial charge in [-0.05, 0) is 55.0 Å². The molecule has 0 bridgehead atoms. The van der Waals surface area contributed by atoms with Gasteiger partial charge in [0.2, 0.25) is 5.91 Å². The normalized spacial score (nSPS) is 20.0. The standard InChI is InChI=1S/C32H37N3O3/c1-2-19-35(29-22-28(24-11-5-3-6-12-24)33-27-16-10-9-15-26(27)29)30(36)23-32(17-20-38-21-18-32)34-31(37)25-13-7-4-8-14-25/h3-16,28-29,33H,2,17-23H2,1H3,(H,34,37). The molecule has 0 aromatic heterocycles. The van der Waals surface area contributed by atoms with Gasteiger partial charge in [0, 0.05) is 31.0 Å². The second-order valence-corrected chi connectivity index (χ2v) is 10.4. The summed E-state index contributed by atoms with van der Waals surface area (Å²) in [5, 5.41) is 6.96. The van der Waals surface area contributed by atoms with Crippen molar-refractivity contribution in [3.63, 3.8) is 0 Å². The number of anilines is 1. The maximum absolute atomic E-state index is 14.2. The van der Waals surface area contributed by atoms with Gasteiger partial charge >= 0.3 is 0 Å². The molecule has 2 aliphatic heterocycles. The van der Waals surface area contributed by atoms with E-state index in [1.807, 2.05) is 48.5 Å². The summed E-state index contributed by atoms with van der Waals surface area (Å²) in [7, 11) is 0. The van der Waals surface area contributed by atoms with E-state index in [2.05, 4.69) is 58.9 Å². The minimum Gasteiger partial charge on any atom is -0.381 e. The number of benzene rings is 3. The van der Waals surface area contributed by atoms with Crippen LogP contribution in [0.1, 0.15) is 72.6 Å². The van der Waals surface area contributed by atoms with Gasteiger partial charge in [0.15, 0.2) is 0 Å². The van der Waals surface area contributed by atoms with Crippen LogP contribution in [-0.2, 0) is 9.53 Å². The van der Waals surface area contributed by atoms with E-state index in [-0.39, 0.29) is 30.3 Å². The van der Waals surface area contributed by atoms with E-state index in [0.717, 1.165) is 24.1 Å². The Balaban J connectivity index is 1.42. The summed E-state index contributed by atoms with van der Waals surface area (Å²) in [5.74, 6) is -0.0608. The number of carbonyl (C=O) groups is 2. The van der Waals surface area contributed by atoms with Crippen molar-refractivity contribution < 1.29 is 14.3 Å². The first kappa shape index (κ1) is 26.0. The Hall–Kier alpha value is -3.64. The Kier molecular flexibility index (Phi) is 8.08. The molecule has 1 fully saturated rings. The van der Waals surface area contributed by atoms with Crippen molar-refractivity contribution in [2.45, 2.75) is 56.7 Å². The van der Waals surface area contributed by atoms with Crippen LogP contribution in [0.5, 0.6) is 0 Å². The summed E-state index contributed by atoms with van der Waals surface area (Å²) < 4.78 is 5.64. The molecule has 0 spiro atoms. The number of rotatable bonds is 8. The molecule has 0 saturated carbocycles. The maximum Gasteiger partial charge on any atom is 0.251 e. The maximum atomic E-state index is 14.2. The highest BCUT2D eigenvalue weighted by Gasteiger charge is 2.40. The zero-order valence-electron chi connectivity index (χ0n) is 22.1. The summed E-state index contributed by atoms with van der Waals surface area (Å²) in [6.45, 7) is 3.84. The molecule has 2 N–H and O–H groups in total. The first-order chi connectivity index (χ1) is 18.6. The van der Waals surface area contributed by atoms with Crippen LogP contribution >= 0.6 is 0 Å². The average molecular weight is 512 g/mol. The predicted molar refractivity (Wildman–Crippen MR) is 150 cm³/mol. The predicted octanol–water partition coefficient (Wildman–Crippen LogP) is 5.89. The topological polar surface area (TPSA) is 70.7 Å². The summed E-state index contributed by atoms with van der Waals surface area (Å²) in [4.78, 5) is 29.4. The Morgan fingerprint density at radius 1 is 0.947 bits per heavy atom. The second kappa shape index (κ2) is 11.8. The molecule has 2 aliphatic rings. The summed E-state index contributed by atoms with van der Waals surface area (Å²) in [6.07, 6.45) is 3.15. The third kappa shape index (κ3) is 5.76. The molecule has 198 valence electrons. The van der Waals surface area contributed by atoms with E-state index in [4.69, 9.17) is 4.74 Å². The van der Waals surface area contributed by atoms with Crippen LogP contribution in [0.4, 0.5) is 5.69 Å². The molecule has 3 aromatic carbocycles. The molecular formula is C32H37N3O3. The van der Waals surface area contributed by atoms with Gasteiger partial charge in [-0.15, -0.1) is 0 Å². The van der Waals surface area contributed by atoms with Crippen LogP contribution < -0.4 is 10.6 Å². The van der Waals surface area contributed by atoms with Crippen LogP contribution in [-0.4, -0.2) is 42.0 Å². The zero-order chi connectivity index (χ0) is 26.4. The first-order valence-electron chi connectivity index (χ1n) is 13.7. The largest absolute Gasteiger partial charge is 0.381 e. The lowest BCUT2D eigenvalue weighted by Gasteiger charge is -2.43. The molecular weight excluding hydrogens is 474 g/mol. The molecule has 6 nitrogen and oxygen atoms in total. The molecule has 6 heteroatoms. The molecule has 0 radical (unpaired) electrons. The Morgan fingerprint density at radius 3 is 2.32 bits per heavy atom. The van der Waals surface area contributed by atoms with Crippen molar-refractivity contribution in [2.75, 3.05) is 25.1 Å². The van der Waals surface area contributed by atoms with E-state index in [9.17, 15) is 9.59 Å². The number of carbonyl (C=O) groups excluding carboxylic acids is 2. The molecule has 38 heavy (non-hydrogen) atoms. The number of fused-ring (bicyclic) bond motifs is 1. The molecule has 2 unspecified atom stereocenters. The molecule has 2 amide bonds. The van der Waals surface area contributed by atoms with Crippen LogP contribution in [0.2, 0.25) is 0 Å². The third-order valence-electron chi connectivity index (χ3n) is 7.83. The van der Waals surface area contributed by atoms with Gasteiger partial charge in [-0.3, -0.25) is 9.59 Å². The van der Waals surface area contributed by atoms with Crippen LogP contribution in [0.3, 0.4) is 0 Å². The van der Waals surface area contributed by atoms with Crippen molar-refractivity contribution in [2.24, 2.45) is 0 Å². The van der Waals surface area contributed by atoms with E-state index >= 15 is 0 Å². The van der Waals surface area contributed by atoms with Crippen molar-refractivity contribution >= 4 is 17.5 Å². The van der Waals surface area contributed by atoms with Gasteiger partial charge in [-0.25, -0.2) is 0 Å². The summed E-state index contributed by atoms with van der Waals surface area (Å²) in [5.41, 5.74) is 3.42. The Labute approximate surface area is 225 Å². The minimum absolute atomic E-state index is 0.0492. The Morgan fingerprint density at radius 2 is 1.61 bits per heavy atom. The van der Waals surface area contributed by atoms with Crippen molar-refractivity contribution in [1.29, 1.82) is 0 Å². The van der Waals surface area contributed by atoms with Gasteiger partial charge < -0.3 is 20.3 Å². The molecule has 2 heterocycles. The lowest BCUT2D eigenvalue weighted by molar-refractivity contribution is -0.136. The van der Waals surface area contributed by atoms with E-state index < -0.39 is 5.54 Å². The van der Waals surface area contributed by atoms with Gasteiger partial charge in [-0.1, -0.05) is 73.7 Å². The van der Waals surface area contributed by atoms with Crippen molar-refractivity contribution in [1.82, 2.24) is 10.2 Å². The highest BCUT2D eigenvalue weighted by molar-refractivity contribution is 5.95. The number of amides is 2. The smallest absolute Gasteiger partial charge is 0.251 e. The summed E-state index contributed by atoms with van der Waals surface area (Å²) in [6, 6.07) is 28.1. The fourth-order valence-corrected chi connectivity index (χ4v) is 5.81. The monoisotopic (exact) mass is 511 g/mol. The van der Waals surface area contributed by atoms with E-state index in [1.165, 1.54) is 5.56 Å². The number of hydrogen-bond acceptors (Lipinski definition) is 4. The first-order valence-corrected chi connectivity index (χ1v) is 13.7. The number of ether oxygens (including phenoxy) is 1. The van der Waals surface area contributed by atoms with E-state index in [0.29, 0.717) is 38.2 Å². The third-order valence-corrected chi connectivity index (χ3v) is 7.83. The number of nitrogens with one attached hydrogen (secondary N) is 2. The number of hydrogen-bond donors (Lipinski definition) is 2. The number of para-hydroxylation sites is 1. The lowest BCUT2D eigenvalue weighted by atomic mass is 9.84. The molecule has 5 rings (SSSR count). The Bertz CT molecular complexity index is 1220. The van der Waals surface area contributed by atoms with Crippen LogP contribution in [0.25, 0.3) is 0 Å². The fraction of sp³-hybridized carbons (Fsp3) is 0.375. The van der Waals surface area contributed by atoms with Gasteiger partial charge in [0.05, 0.1) is 24.0 Å². The summed E-state index contributed by atoms with van der Waals surface area (Å²) >= 11 is 0. The molecule has 0 aliphatic carbocycles. The lowest BCUT2D eigenvalue weighted by Crippen LogP contribution is -2.55. The highest BCUT2D eigenvalue weighted by atomic mass is 16.5. The van der Waals surface area contributed by atoms with Crippen LogP contribution in [0.15, 0.2) is 84.9 Å². The minimum atomic E-state index is -0.625. The average Bonchev–Trinajstić information content (AvgIpc) is 2.96. The van der Waals surface area contributed by atoms with Crippen molar-refractivity contribution in [3.8, 4) is 0 Å². The molecule has 1 saturated heterocycles. The number of nitrogens with zero attached hydrogens (tertiary/aromatic N) is 1. The van der Waals surface area contributed by atoms with Crippen molar-refractivity contribution in [3.05, 3.63) is 102 Å². The second-order valence-electron chi connectivity index (χ2n) is 10.4. The quantitative estimate of drug-likeness (QED) is 0.396. The van der Waals surface area contributed by atoms with Gasteiger partial charge in [-0.2, -0.15) is 0 Å².